The Balaban J connectivity index is 1.37. The van der Waals surface area contributed by atoms with Gasteiger partial charge in [-0.05, 0) is 54.6 Å². The molecule has 0 saturated carbocycles. The summed E-state index contributed by atoms with van der Waals surface area (Å²) < 4.78 is 6.78. The van der Waals surface area contributed by atoms with Crippen LogP contribution in [0.5, 0.6) is 0 Å². The molecule has 0 spiro atoms. The molecule has 0 radical (unpaired) electrons. The molecule has 0 saturated heterocycles. The zero-order valence-corrected chi connectivity index (χ0v) is 16.5. The second-order valence-corrected chi connectivity index (χ2v) is 6.90. The highest BCUT2D eigenvalue weighted by molar-refractivity contribution is 6.30. The Morgan fingerprint density at radius 1 is 1.03 bits per heavy atom. The Morgan fingerprint density at radius 2 is 1.87 bits per heavy atom. The summed E-state index contributed by atoms with van der Waals surface area (Å²) in [5.74, 6) is -0.446. The SMILES string of the molecule is O=C(NCc1cnn(-c2ccc(Cl)cc2)c1)c1cccc(NC(=O)c2ccco2)c1. The van der Waals surface area contributed by atoms with Crippen LogP contribution < -0.4 is 10.6 Å². The van der Waals surface area contributed by atoms with Gasteiger partial charge in [0.2, 0.25) is 0 Å². The highest BCUT2D eigenvalue weighted by Gasteiger charge is 2.11. The van der Waals surface area contributed by atoms with Crippen molar-refractivity contribution in [3.8, 4) is 5.69 Å². The van der Waals surface area contributed by atoms with Crippen molar-refractivity contribution in [3.63, 3.8) is 0 Å². The minimum Gasteiger partial charge on any atom is -0.459 e. The summed E-state index contributed by atoms with van der Waals surface area (Å²) in [6, 6.07) is 17.2. The van der Waals surface area contributed by atoms with Crippen LogP contribution in [0.15, 0.2) is 83.7 Å². The molecule has 0 aliphatic heterocycles. The van der Waals surface area contributed by atoms with Crippen molar-refractivity contribution < 1.29 is 14.0 Å². The van der Waals surface area contributed by atoms with E-state index in [2.05, 4.69) is 15.7 Å². The molecule has 0 aliphatic rings. The van der Waals surface area contributed by atoms with E-state index >= 15 is 0 Å². The average molecular weight is 421 g/mol. The van der Waals surface area contributed by atoms with Gasteiger partial charge in [0.1, 0.15) is 0 Å². The van der Waals surface area contributed by atoms with Crippen molar-refractivity contribution in [2.24, 2.45) is 0 Å². The molecule has 30 heavy (non-hydrogen) atoms. The fourth-order valence-electron chi connectivity index (χ4n) is 2.81. The van der Waals surface area contributed by atoms with Crippen molar-refractivity contribution in [1.29, 1.82) is 0 Å². The van der Waals surface area contributed by atoms with Gasteiger partial charge >= 0.3 is 0 Å². The first kappa shape index (κ1) is 19.5. The van der Waals surface area contributed by atoms with Crippen molar-refractivity contribution in [2.75, 3.05) is 5.32 Å². The van der Waals surface area contributed by atoms with E-state index in [4.69, 9.17) is 16.0 Å². The molecule has 0 bridgehead atoms. The normalized spacial score (nSPS) is 10.6. The van der Waals surface area contributed by atoms with Crippen molar-refractivity contribution in [3.05, 3.63) is 101 Å². The van der Waals surface area contributed by atoms with Crippen LogP contribution in [0, 0.1) is 0 Å². The molecular weight excluding hydrogens is 404 g/mol. The minimum absolute atomic E-state index is 0.197. The molecule has 0 aliphatic carbocycles. The molecule has 0 fully saturated rings. The monoisotopic (exact) mass is 420 g/mol. The fourth-order valence-corrected chi connectivity index (χ4v) is 2.94. The van der Waals surface area contributed by atoms with Gasteiger partial charge in [-0.1, -0.05) is 17.7 Å². The van der Waals surface area contributed by atoms with E-state index in [9.17, 15) is 9.59 Å². The van der Waals surface area contributed by atoms with Crippen molar-refractivity contribution >= 4 is 29.1 Å². The first-order valence-corrected chi connectivity index (χ1v) is 9.49. The van der Waals surface area contributed by atoms with Gasteiger partial charge in [-0.2, -0.15) is 5.10 Å². The van der Waals surface area contributed by atoms with Gasteiger partial charge < -0.3 is 15.1 Å². The van der Waals surface area contributed by atoms with Gasteiger partial charge in [0, 0.05) is 34.6 Å². The van der Waals surface area contributed by atoms with Crippen molar-refractivity contribution in [2.45, 2.75) is 6.54 Å². The molecule has 7 nitrogen and oxygen atoms in total. The van der Waals surface area contributed by atoms with Crippen LogP contribution in [0.4, 0.5) is 5.69 Å². The molecule has 2 aromatic heterocycles. The topological polar surface area (TPSA) is 89.2 Å². The Hall–Kier alpha value is -3.84. The molecule has 2 heterocycles. The van der Waals surface area contributed by atoms with E-state index in [1.165, 1.54) is 6.26 Å². The van der Waals surface area contributed by atoms with Crippen LogP contribution in [0.2, 0.25) is 5.02 Å². The average Bonchev–Trinajstić information content (AvgIpc) is 3.45. The molecule has 2 amide bonds. The molecule has 0 atom stereocenters. The van der Waals surface area contributed by atoms with Crippen LogP contribution >= 0.6 is 11.6 Å². The largest absolute Gasteiger partial charge is 0.459 e. The van der Waals surface area contributed by atoms with Crippen LogP contribution in [0.3, 0.4) is 0 Å². The molecule has 2 aromatic carbocycles. The maximum absolute atomic E-state index is 12.5. The Labute approximate surface area is 177 Å². The predicted octanol–water partition coefficient (Wildman–Crippen LogP) is 4.30. The number of hydrogen-bond donors (Lipinski definition) is 2. The summed E-state index contributed by atoms with van der Waals surface area (Å²) in [5, 5.41) is 10.5. The molecule has 150 valence electrons. The number of halogens is 1. The van der Waals surface area contributed by atoms with Gasteiger partial charge in [0.15, 0.2) is 5.76 Å². The Bertz CT molecular complexity index is 1170. The lowest BCUT2D eigenvalue weighted by Gasteiger charge is -2.07. The molecule has 0 unspecified atom stereocenters. The summed E-state index contributed by atoms with van der Waals surface area (Å²) in [5.41, 5.74) is 2.65. The second-order valence-electron chi connectivity index (χ2n) is 6.46. The van der Waals surface area contributed by atoms with Crippen LogP contribution in [-0.2, 0) is 6.54 Å². The molecule has 4 aromatic rings. The Kier molecular flexibility index (Phi) is 5.63. The summed E-state index contributed by atoms with van der Waals surface area (Å²) in [6.07, 6.45) is 4.95. The Morgan fingerprint density at radius 3 is 2.63 bits per heavy atom. The number of carbonyl (C=O) groups is 2. The van der Waals surface area contributed by atoms with E-state index in [1.807, 2.05) is 18.3 Å². The lowest BCUT2D eigenvalue weighted by molar-refractivity contribution is 0.0949. The van der Waals surface area contributed by atoms with Gasteiger partial charge in [-0.3, -0.25) is 9.59 Å². The highest BCUT2D eigenvalue weighted by Crippen LogP contribution is 2.15. The first-order chi connectivity index (χ1) is 14.6. The van der Waals surface area contributed by atoms with Gasteiger partial charge in [0.05, 0.1) is 18.1 Å². The number of aromatic nitrogens is 2. The van der Waals surface area contributed by atoms with Crippen LogP contribution in [-0.4, -0.2) is 21.6 Å². The number of nitrogens with one attached hydrogen (secondary N) is 2. The summed E-state index contributed by atoms with van der Waals surface area (Å²) in [4.78, 5) is 24.6. The molecular formula is C22H17ClN4O3. The molecule has 4 rings (SSSR count). The smallest absolute Gasteiger partial charge is 0.291 e. The zero-order valence-electron chi connectivity index (χ0n) is 15.7. The van der Waals surface area contributed by atoms with E-state index in [-0.39, 0.29) is 17.6 Å². The van der Waals surface area contributed by atoms with Gasteiger partial charge in [0.25, 0.3) is 11.8 Å². The lowest BCUT2D eigenvalue weighted by atomic mass is 10.2. The first-order valence-electron chi connectivity index (χ1n) is 9.11. The van der Waals surface area contributed by atoms with E-state index in [1.54, 1.807) is 59.4 Å². The minimum atomic E-state index is -0.382. The third kappa shape index (κ3) is 4.59. The number of carbonyl (C=O) groups excluding carboxylic acids is 2. The van der Waals surface area contributed by atoms with E-state index in [0.29, 0.717) is 22.8 Å². The van der Waals surface area contributed by atoms with Crippen LogP contribution in [0.1, 0.15) is 26.5 Å². The number of furan rings is 1. The van der Waals surface area contributed by atoms with Gasteiger partial charge in [-0.25, -0.2) is 4.68 Å². The molecule has 8 heteroatoms. The van der Waals surface area contributed by atoms with E-state index < -0.39 is 0 Å². The number of benzene rings is 2. The third-order valence-corrected chi connectivity index (χ3v) is 4.56. The summed E-state index contributed by atoms with van der Waals surface area (Å²) in [7, 11) is 0. The number of amides is 2. The number of hydrogen-bond acceptors (Lipinski definition) is 4. The number of anilines is 1. The van der Waals surface area contributed by atoms with E-state index in [0.717, 1.165) is 11.3 Å². The predicted molar refractivity (Wildman–Crippen MR) is 113 cm³/mol. The van der Waals surface area contributed by atoms with Gasteiger partial charge in [-0.15, -0.1) is 0 Å². The summed E-state index contributed by atoms with van der Waals surface area (Å²) >= 11 is 5.91. The number of nitrogens with zero attached hydrogens (tertiary/aromatic N) is 2. The zero-order chi connectivity index (χ0) is 20.9. The lowest BCUT2D eigenvalue weighted by Crippen LogP contribution is -2.22. The standard InChI is InChI=1S/C22H17ClN4O3/c23-17-6-8-19(9-7-17)27-14-15(13-25-27)12-24-21(28)16-3-1-4-18(11-16)26-22(29)20-5-2-10-30-20/h1-11,13-14H,12H2,(H,24,28)(H,26,29). The quantitative estimate of drug-likeness (QED) is 0.486. The second kappa shape index (κ2) is 8.67. The van der Waals surface area contributed by atoms with Crippen LogP contribution in [0.25, 0.3) is 5.69 Å². The fraction of sp³-hybridized carbons (Fsp3) is 0.0455. The molecule has 2 N–H and O–H groups in total. The highest BCUT2D eigenvalue weighted by atomic mass is 35.5. The maximum Gasteiger partial charge on any atom is 0.291 e. The number of rotatable bonds is 6. The third-order valence-electron chi connectivity index (χ3n) is 4.31. The van der Waals surface area contributed by atoms with Crippen molar-refractivity contribution in [1.82, 2.24) is 15.1 Å². The maximum atomic E-state index is 12.5. The summed E-state index contributed by atoms with van der Waals surface area (Å²) in [6.45, 7) is 0.315.